The van der Waals surface area contributed by atoms with Crippen molar-refractivity contribution in [2.45, 2.75) is 32.7 Å². The summed E-state index contributed by atoms with van der Waals surface area (Å²) in [4.78, 5) is 28.6. The molecular weight excluding hydrogens is 350 g/mol. The SMILES string of the molecule is Cc1ccc(CN2C(=O)NC(=Cc3ccc(N4CCCCC4)cc3)C2=O)cc1. The highest BCUT2D eigenvalue weighted by Crippen LogP contribution is 2.22. The maximum Gasteiger partial charge on any atom is 0.329 e. The number of hydrogen-bond acceptors (Lipinski definition) is 3. The van der Waals surface area contributed by atoms with Gasteiger partial charge in [0.25, 0.3) is 5.91 Å². The molecule has 0 aromatic heterocycles. The van der Waals surface area contributed by atoms with Crippen LogP contribution in [0.1, 0.15) is 36.0 Å². The molecule has 0 bridgehead atoms. The molecule has 2 fully saturated rings. The van der Waals surface area contributed by atoms with E-state index in [1.54, 1.807) is 6.08 Å². The molecule has 28 heavy (non-hydrogen) atoms. The highest BCUT2D eigenvalue weighted by Gasteiger charge is 2.33. The first-order valence-corrected chi connectivity index (χ1v) is 9.85. The number of piperidine rings is 1. The van der Waals surface area contributed by atoms with Crippen LogP contribution in [0.4, 0.5) is 10.5 Å². The van der Waals surface area contributed by atoms with Gasteiger partial charge in [0.15, 0.2) is 0 Å². The van der Waals surface area contributed by atoms with Crippen LogP contribution in [-0.2, 0) is 11.3 Å². The Kier molecular flexibility index (Phi) is 5.15. The molecule has 4 rings (SSSR count). The molecule has 3 amide bonds. The number of amides is 3. The lowest BCUT2D eigenvalue weighted by Crippen LogP contribution is -2.30. The normalized spacial score (nSPS) is 18.7. The highest BCUT2D eigenvalue weighted by atomic mass is 16.2. The van der Waals surface area contributed by atoms with Gasteiger partial charge in [0.05, 0.1) is 6.54 Å². The zero-order valence-corrected chi connectivity index (χ0v) is 16.1. The summed E-state index contributed by atoms with van der Waals surface area (Å²) in [6, 6.07) is 15.6. The van der Waals surface area contributed by atoms with Gasteiger partial charge in [0.1, 0.15) is 5.70 Å². The van der Waals surface area contributed by atoms with Crippen LogP contribution < -0.4 is 10.2 Å². The third kappa shape index (κ3) is 3.93. The maximum atomic E-state index is 12.7. The summed E-state index contributed by atoms with van der Waals surface area (Å²) in [5.41, 5.74) is 4.52. The molecule has 2 aliphatic heterocycles. The minimum absolute atomic E-state index is 0.274. The average Bonchev–Trinajstić information content (AvgIpc) is 2.98. The molecule has 0 unspecified atom stereocenters. The fourth-order valence-corrected chi connectivity index (χ4v) is 3.69. The van der Waals surface area contributed by atoms with Crippen LogP contribution in [-0.4, -0.2) is 29.9 Å². The second-order valence-corrected chi connectivity index (χ2v) is 7.50. The molecule has 0 aliphatic carbocycles. The van der Waals surface area contributed by atoms with Gasteiger partial charge >= 0.3 is 6.03 Å². The molecule has 0 saturated carbocycles. The van der Waals surface area contributed by atoms with E-state index in [-0.39, 0.29) is 18.5 Å². The summed E-state index contributed by atoms with van der Waals surface area (Å²) in [6.07, 6.45) is 5.53. The molecule has 1 N–H and O–H groups in total. The van der Waals surface area contributed by atoms with Gasteiger partial charge in [-0.3, -0.25) is 9.69 Å². The Labute approximate surface area is 165 Å². The van der Waals surface area contributed by atoms with Crippen LogP contribution in [0.5, 0.6) is 0 Å². The molecule has 2 heterocycles. The van der Waals surface area contributed by atoms with Crippen molar-refractivity contribution in [3.8, 4) is 0 Å². The van der Waals surface area contributed by atoms with Crippen molar-refractivity contribution in [3.63, 3.8) is 0 Å². The number of imide groups is 1. The standard InChI is InChI=1S/C23H25N3O2/c1-17-5-7-19(8-6-17)16-26-22(27)21(24-23(26)28)15-18-9-11-20(12-10-18)25-13-3-2-4-14-25/h5-12,15H,2-4,13-14,16H2,1H3,(H,24,28). The predicted molar refractivity (Wildman–Crippen MR) is 111 cm³/mol. The number of urea groups is 1. The summed E-state index contributed by atoms with van der Waals surface area (Å²) in [5, 5.41) is 2.70. The summed E-state index contributed by atoms with van der Waals surface area (Å²) in [7, 11) is 0. The van der Waals surface area contributed by atoms with E-state index in [0.29, 0.717) is 5.70 Å². The molecule has 0 atom stereocenters. The Hall–Kier alpha value is -3.08. The maximum absolute atomic E-state index is 12.7. The van der Waals surface area contributed by atoms with Crippen molar-refractivity contribution in [1.29, 1.82) is 0 Å². The lowest BCUT2D eigenvalue weighted by molar-refractivity contribution is -0.123. The number of benzene rings is 2. The van der Waals surface area contributed by atoms with Gasteiger partial charge in [-0.05, 0) is 55.5 Å². The van der Waals surface area contributed by atoms with Crippen LogP contribution in [0.3, 0.4) is 0 Å². The van der Waals surface area contributed by atoms with Gasteiger partial charge in [-0.25, -0.2) is 4.79 Å². The van der Waals surface area contributed by atoms with E-state index in [0.717, 1.165) is 29.8 Å². The Bertz CT molecular complexity index is 894. The lowest BCUT2D eigenvalue weighted by atomic mass is 10.1. The van der Waals surface area contributed by atoms with Gasteiger partial charge in [0.2, 0.25) is 0 Å². The van der Waals surface area contributed by atoms with E-state index >= 15 is 0 Å². The van der Waals surface area contributed by atoms with Gasteiger partial charge in [-0.2, -0.15) is 0 Å². The number of nitrogens with zero attached hydrogens (tertiary/aromatic N) is 2. The zero-order valence-electron chi connectivity index (χ0n) is 16.1. The first kappa shape index (κ1) is 18.3. The molecule has 144 valence electrons. The highest BCUT2D eigenvalue weighted by molar-refractivity contribution is 6.13. The Morgan fingerprint density at radius 3 is 2.29 bits per heavy atom. The van der Waals surface area contributed by atoms with Crippen LogP contribution in [0.2, 0.25) is 0 Å². The quantitative estimate of drug-likeness (QED) is 0.647. The summed E-state index contributed by atoms with van der Waals surface area (Å²) < 4.78 is 0. The van der Waals surface area contributed by atoms with Gasteiger partial charge in [-0.1, -0.05) is 42.0 Å². The topological polar surface area (TPSA) is 52.7 Å². The minimum atomic E-state index is -0.373. The predicted octanol–water partition coefficient (Wildman–Crippen LogP) is 4.08. The molecule has 2 aromatic carbocycles. The fourth-order valence-electron chi connectivity index (χ4n) is 3.69. The summed E-state index contributed by atoms with van der Waals surface area (Å²) >= 11 is 0. The number of nitrogens with one attached hydrogen (secondary N) is 1. The summed E-state index contributed by atoms with van der Waals surface area (Å²) in [5.74, 6) is -0.286. The van der Waals surface area contributed by atoms with Crippen LogP contribution >= 0.6 is 0 Å². The third-order valence-corrected chi connectivity index (χ3v) is 5.35. The smallest absolute Gasteiger partial charge is 0.329 e. The van der Waals surface area contributed by atoms with Gasteiger partial charge < -0.3 is 10.2 Å². The first-order chi connectivity index (χ1) is 13.6. The molecule has 0 radical (unpaired) electrons. The molecular formula is C23H25N3O2. The second-order valence-electron chi connectivity index (χ2n) is 7.50. The van der Waals surface area contributed by atoms with Crippen molar-refractivity contribution in [1.82, 2.24) is 10.2 Å². The first-order valence-electron chi connectivity index (χ1n) is 9.85. The number of rotatable bonds is 4. The molecule has 2 aliphatic rings. The molecule has 2 saturated heterocycles. The molecule has 5 heteroatoms. The zero-order chi connectivity index (χ0) is 19.5. The van der Waals surface area contributed by atoms with E-state index in [2.05, 4.69) is 22.3 Å². The van der Waals surface area contributed by atoms with E-state index in [9.17, 15) is 9.59 Å². The third-order valence-electron chi connectivity index (χ3n) is 5.35. The Morgan fingerprint density at radius 1 is 0.929 bits per heavy atom. The van der Waals surface area contributed by atoms with Crippen molar-refractivity contribution in [2.24, 2.45) is 0 Å². The fraction of sp³-hybridized carbons (Fsp3) is 0.304. The molecule has 2 aromatic rings. The molecule has 5 nitrogen and oxygen atoms in total. The Balaban J connectivity index is 1.46. The summed E-state index contributed by atoms with van der Waals surface area (Å²) in [6.45, 7) is 4.48. The number of aryl methyl sites for hydroxylation is 1. The van der Waals surface area contributed by atoms with Crippen LogP contribution in [0, 0.1) is 6.92 Å². The van der Waals surface area contributed by atoms with Crippen molar-refractivity contribution in [3.05, 3.63) is 70.9 Å². The van der Waals surface area contributed by atoms with E-state index in [1.807, 2.05) is 43.3 Å². The van der Waals surface area contributed by atoms with Crippen LogP contribution in [0.15, 0.2) is 54.2 Å². The van der Waals surface area contributed by atoms with Gasteiger partial charge in [0, 0.05) is 18.8 Å². The van der Waals surface area contributed by atoms with E-state index < -0.39 is 0 Å². The van der Waals surface area contributed by atoms with Gasteiger partial charge in [-0.15, -0.1) is 0 Å². The van der Waals surface area contributed by atoms with Crippen molar-refractivity contribution < 1.29 is 9.59 Å². The van der Waals surface area contributed by atoms with Crippen molar-refractivity contribution >= 4 is 23.7 Å². The number of anilines is 1. The minimum Gasteiger partial charge on any atom is -0.372 e. The Morgan fingerprint density at radius 2 is 1.61 bits per heavy atom. The number of carbonyl (C=O) groups is 2. The number of hydrogen-bond donors (Lipinski definition) is 1. The second kappa shape index (κ2) is 7.89. The largest absolute Gasteiger partial charge is 0.372 e. The van der Waals surface area contributed by atoms with Crippen LogP contribution in [0.25, 0.3) is 6.08 Å². The average molecular weight is 375 g/mol. The monoisotopic (exact) mass is 375 g/mol. The lowest BCUT2D eigenvalue weighted by Gasteiger charge is -2.28. The molecule has 0 spiro atoms. The number of carbonyl (C=O) groups excluding carboxylic acids is 2. The van der Waals surface area contributed by atoms with Crippen molar-refractivity contribution in [2.75, 3.05) is 18.0 Å². The van der Waals surface area contributed by atoms with E-state index in [1.165, 1.54) is 29.8 Å². The van der Waals surface area contributed by atoms with E-state index in [4.69, 9.17) is 0 Å².